The Morgan fingerprint density at radius 3 is 2.39 bits per heavy atom. The first kappa shape index (κ1) is 12.9. The lowest BCUT2D eigenvalue weighted by Crippen LogP contribution is -2.45. The van der Waals surface area contributed by atoms with Gasteiger partial charge in [0.05, 0.1) is 6.10 Å². The number of nitrogens with zero attached hydrogens (tertiary/aromatic N) is 1. The zero-order valence-electron chi connectivity index (χ0n) is 11.7. The fraction of sp³-hybridized carbons (Fsp3) is 1.00. The zero-order valence-corrected chi connectivity index (χ0v) is 11.7. The largest absolute Gasteiger partial charge is 0.393 e. The van der Waals surface area contributed by atoms with E-state index in [9.17, 15) is 5.11 Å². The SMILES string of the molecule is OC1CCCCC1CN1CCC2CCCCC2C1. The molecular weight excluding hydrogens is 222 g/mol. The van der Waals surface area contributed by atoms with Crippen molar-refractivity contribution in [3.63, 3.8) is 0 Å². The van der Waals surface area contributed by atoms with Crippen LogP contribution in [-0.2, 0) is 0 Å². The first-order valence-electron chi connectivity index (χ1n) is 8.23. The van der Waals surface area contributed by atoms with Crippen molar-refractivity contribution in [3.8, 4) is 0 Å². The van der Waals surface area contributed by atoms with E-state index in [-0.39, 0.29) is 6.10 Å². The van der Waals surface area contributed by atoms with Crippen LogP contribution in [0.4, 0.5) is 0 Å². The van der Waals surface area contributed by atoms with Crippen LogP contribution in [0.2, 0.25) is 0 Å². The molecule has 2 aliphatic carbocycles. The van der Waals surface area contributed by atoms with Crippen molar-refractivity contribution < 1.29 is 5.11 Å². The molecule has 3 rings (SSSR count). The van der Waals surface area contributed by atoms with E-state index < -0.39 is 0 Å². The number of hydrogen-bond donors (Lipinski definition) is 1. The first-order chi connectivity index (χ1) is 8.83. The third-order valence-electron chi connectivity index (χ3n) is 5.74. The molecule has 1 saturated heterocycles. The fourth-order valence-electron chi connectivity index (χ4n) is 4.57. The van der Waals surface area contributed by atoms with E-state index in [1.54, 1.807) is 0 Å². The van der Waals surface area contributed by atoms with Crippen LogP contribution in [0.15, 0.2) is 0 Å². The maximum atomic E-state index is 10.1. The highest BCUT2D eigenvalue weighted by molar-refractivity contribution is 4.86. The molecule has 0 bridgehead atoms. The third-order valence-corrected chi connectivity index (χ3v) is 5.74. The average Bonchev–Trinajstić information content (AvgIpc) is 2.41. The van der Waals surface area contributed by atoms with E-state index in [4.69, 9.17) is 0 Å². The van der Waals surface area contributed by atoms with Crippen LogP contribution < -0.4 is 0 Å². The second kappa shape index (κ2) is 5.92. The molecule has 2 nitrogen and oxygen atoms in total. The topological polar surface area (TPSA) is 23.5 Å². The van der Waals surface area contributed by atoms with Gasteiger partial charge in [-0.1, -0.05) is 32.1 Å². The first-order valence-corrected chi connectivity index (χ1v) is 8.23. The van der Waals surface area contributed by atoms with Crippen molar-refractivity contribution in [2.24, 2.45) is 17.8 Å². The maximum Gasteiger partial charge on any atom is 0.0580 e. The molecule has 0 aromatic rings. The molecule has 0 amide bonds. The minimum absolute atomic E-state index is 0.0113. The van der Waals surface area contributed by atoms with Crippen molar-refractivity contribution in [1.29, 1.82) is 0 Å². The van der Waals surface area contributed by atoms with Crippen LogP contribution in [0, 0.1) is 17.8 Å². The zero-order chi connectivity index (χ0) is 12.4. The van der Waals surface area contributed by atoms with Crippen LogP contribution >= 0.6 is 0 Å². The van der Waals surface area contributed by atoms with Gasteiger partial charge in [-0.15, -0.1) is 0 Å². The predicted molar refractivity (Wildman–Crippen MR) is 74.5 cm³/mol. The molecular formula is C16H29NO. The van der Waals surface area contributed by atoms with Crippen molar-refractivity contribution >= 4 is 0 Å². The monoisotopic (exact) mass is 251 g/mol. The summed E-state index contributed by atoms with van der Waals surface area (Å²) in [4.78, 5) is 2.67. The summed E-state index contributed by atoms with van der Waals surface area (Å²) in [6.45, 7) is 3.79. The summed E-state index contributed by atoms with van der Waals surface area (Å²) >= 11 is 0. The van der Waals surface area contributed by atoms with Gasteiger partial charge >= 0.3 is 0 Å². The molecule has 4 atom stereocenters. The Hall–Kier alpha value is -0.0800. The standard InChI is InChI=1S/C16H29NO/c18-16-8-4-3-7-15(16)12-17-10-9-13-5-1-2-6-14(13)11-17/h13-16,18H,1-12H2. The molecule has 0 spiro atoms. The molecule has 1 aliphatic heterocycles. The summed E-state index contributed by atoms with van der Waals surface area (Å²) in [5, 5.41) is 10.1. The minimum Gasteiger partial charge on any atom is -0.393 e. The molecule has 3 fully saturated rings. The molecule has 3 aliphatic rings. The predicted octanol–water partition coefficient (Wildman–Crippen LogP) is 3.05. The highest BCUT2D eigenvalue weighted by atomic mass is 16.3. The number of fused-ring (bicyclic) bond motifs is 1. The van der Waals surface area contributed by atoms with Crippen molar-refractivity contribution in [2.75, 3.05) is 19.6 Å². The molecule has 104 valence electrons. The van der Waals surface area contributed by atoms with Crippen molar-refractivity contribution in [1.82, 2.24) is 4.90 Å². The van der Waals surface area contributed by atoms with Gasteiger partial charge in [0.1, 0.15) is 0 Å². The van der Waals surface area contributed by atoms with Crippen LogP contribution in [0.1, 0.15) is 57.8 Å². The number of aliphatic hydroxyl groups excluding tert-OH is 1. The van der Waals surface area contributed by atoms with Crippen LogP contribution in [0.25, 0.3) is 0 Å². The van der Waals surface area contributed by atoms with Crippen molar-refractivity contribution in [3.05, 3.63) is 0 Å². The van der Waals surface area contributed by atoms with Gasteiger partial charge in [0.25, 0.3) is 0 Å². The number of aliphatic hydroxyl groups is 1. The van der Waals surface area contributed by atoms with Crippen molar-refractivity contribution in [2.45, 2.75) is 63.9 Å². The highest BCUT2D eigenvalue weighted by Crippen LogP contribution is 2.36. The lowest BCUT2D eigenvalue weighted by molar-refractivity contribution is 0.0201. The van der Waals surface area contributed by atoms with Crippen LogP contribution in [-0.4, -0.2) is 35.7 Å². The third kappa shape index (κ3) is 2.91. The van der Waals surface area contributed by atoms with Gasteiger partial charge in [0, 0.05) is 13.1 Å². The Morgan fingerprint density at radius 1 is 0.833 bits per heavy atom. The van der Waals surface area contributed by atoms with Gasteiger partial charge in [-0.3, -0.25) is 0 Å². The Balaban J connectivity index is 1.51. The van der Waals surface area contributed by atoms with Gasteiger partial charge in [-0.05, 0) is 50.0 Å². The molecule has 2 saturated carbocycles. The van der Waals surface area contributed by atoms with Gasteiger partial charge in [-0.2, -0.15) is 0 Å². The second-order valence-electron chi connectivity index (χ2n) is 6.96. The lowest BCUT2D eigenvalue weighted by Gasteiger charge is -2.43. The molecule has 0 aromatic carbocycles. The van der Waals surface area contributed by atoms with E-state index in [0.717, 1.165) is 18.3 Å². The number of rotatable bonds is 2. The molecule has 1 N–H and O–H groups in total. The van der Waals surface area contributed by atoms with E-state index in [1.807, 2.05) is 0 Å². The maximum absolute atomic E-state index is 10.1. The number of hydrogen-bond acceptors (Lipinski definition) is 2. The minimum atomic E-state index is -0.0113. The molecule has 0 radical (unpaired) electrons. The van der Waals surface area contributed by atoms with Crippen LogP contribution in [0.5, 0.6) is 0 Å². The molecule has 18 heavy (non-hydrogen) atoms. The van der Waals surface area contributed by atoms with Gasteiger partial charge in [0.2, 0.25) is 0 Å². The van der Waals surface area contributed by atoms with Gasteiger partial charge in [0.15, 0.2) is 0 Å². The average molecular weight is 251 g/mol. The van der Waals surface area contributed by atoms with E-state index in [0.29, 0.717) is 5.92 Å². The summed E-state index contributed by atoms with van der Waals surface area (Å²) in [6, 6.07) is 0. The van der Waals surface area contributed by atoms with E-state index in [1.165, 1.54) is 71.0 Å². The number of piperidine rings is 1. The summed E-state index contributed by atoms with van der Waals surface area (Å²) < 4.78 is 0. The summed E-state index contributed by atoms with van der Waals surface area (Å²) in [5.74, 6) is 2.58. The Morgan fingerprint density at radius 2 is 1.56 bits per heavy atom. The highest BCUT2D eigenvalue weighted by Gasteiger charge is 2.33. The summed E-state index contributed by atoms with van der Waals surface area (Å²) in [6.07, 6.45) is 12.2. The van der Waals surface area contributed by atoms with E-state index >= 15 is 0 Å². The Labute approximate surface area is 112 Å². The Kier molecular flexibility index (Phi) is 4.25. The Bertz CT molecular complexity index is 268. The summed E-state index contributed by atoms with van der Waals surface area (Å²) in [7, 11) is 0. The van der Waals surface area contributed by atoms with E-state index in [2.05, 4.69) is 4.90 Å². The molecule has 1 heterocycles. The molecule has 0 aromatic heterocycles. The smallest absolute Gasteiger partial charge is 0.0580 e. The number of likely N-dealkylation sites (tertiary alicyclic amines) is 1. The molecule has 2 heteroatoms. The quantitative estimate of drug-likeness (QED) is 0.815. The van der Waals surface area contributed by atoms with Crippen LogP contribution in [0.3, 0.4) is 0 Å². The summed E-state index contributed by atoms with van der Waals surface area (Å²) in [5.41, 5.74) is 0. The van der Waals surface area contributed by atoms with Gasteiger partial charge in [-0.25, -0.2) is 0 Å². The normalized spacial score (nSPS) is 42.5. The lowest BCUT2D eigenvalue weighted by atomic mass is 9.74. The second-order valence-corrected chi connectivity index (χ2v) is 6.96. The fourth-order valence-corrected chi connectivity index (χ4v) is 4.57. The van der Waals surface area contributed by atoms with Gasteiger partial charge < -0.3 is 10.0 Å². The molecule has 4 unspecified atom stereocenters.